The number of nitrogens with one attached hydrogen (secondary N) is 1. The van der Waals surface area contributed by atoms with Gasteiger partial charge >= 0.3 is 0 Å². The monoisotopic (exact) mass is 198 g/mol. The van der Waals surface area contributed by atoms with Crippen molar-refractivity contribution in [3.8, 4) is 0 Å². The molecule has 0 spiro atoms. The normalized spacial score (nSPS) is 31.7. The second-order valence-electron chi connectivity index (χ2n) is 4.62. The van der Waals surface area contributed by atoms with Crippen molar-refractivity contribution in [3.63, 3.8) is 0 Å². The van der Waals surface area contributed by atoms with Gasteiger partial charge in [0.2, 0.25) is 0 Å². The number of morpholine rings is 1. The van der Waals surface area contributed by atoms with E-state index in [4.69, 9.17) is 4.74 Å². The van der Waals surface area contributed by atoms with Crippen LogP contribution >= 0.6 is 0 Å². The highest BCUT2D eigenvalue weighted by Gasteiger charge is 2.34. The second kappa shape index (κ2) is 4.60. The van der Waals surface area contributed by atoms with Crippen molar-refractivity contribution in [1.29, 1.82) is 0 Å². The molecule has 3 heteroatoms. The van der Waals surface area contributed by atoms with Crippen LogP contribution in [0.4, 0.5) is 0 Å². The summed E-state index contributed by atoms with van der Waals surface area (Å²) in [6, 6.07) is 0.776. The molecule has 1 saturated heterocycles. The van der Waals surface area contributed by atoms with Crippen LogP contribution in [0.2, 0.25) is 0 Å². The molecule has 2 rings (SSSR count). The van der Waals surface area contributed by atoms with Gasteiger partial charge in [-0.1, -0.05) is 0 Å². The van der Waals surface area contributed by atoms with Crippen molar-refractivity contribution >= 4 is 0 Å². The highest BCUT2D eigenvalue weighted by Crippen LogP contribution is 2.35. The first-order chi connectivity index (χ1) is 6.81. The summed E-state index contributed by atoms with van der Waals surface area (Å²) in [5.41, 5.74) is 0. The van der Waals surface area contributed by atoms with Gasteiger partial charge in [-0.3, -0.25) is 4.90 Å². The molecule has 3 nitrogen and oxygen atoms in total. The van der Waals surface area contributed by atoms with Gasteiger partial charge in [0.05, 0.1) is 12.7 Å². The molecular formula is C11H22N2O. The Labute approximate surface area is 86.8 Å². The predicted molar refractivity (Wildman–Crippen MR) is 57.4 cm³/mol. The predicted octanol–water partition coefficient (Wildman–Crippen LogP) is 0.705. The maximum Gasteiger partial charge on any atom is 0.0826 e. The molecule has 2 unspecified atom stereocenters. The Morgan fingerprint density at radius 1 is 1.50 bits per heavy atom. The van der Waals surface area contributed by atoms with Crippen molar-refractivity contribution in [2.24, 2.45) is 5.92 Å². The highest BCUT2D eigenvalue weighted by atomic mass is 16.5. The van der Waals surface area contributed by atoms with Gasteiger partial charge in [-0.15, -0.1) is 0 Å². The van der Waals surface area contributed by atoms with Crippen LogP contribution in [-0.2, 0) is 4.74 Å². The Bertz CT molecular complexity index is 180. The third-order valence-electron chi connectivity index (χ3n) is 3.48. The first-order valence-electron chi connectivity index (χ1n) is 5.81. The van der Waals surface area contributed by atoms with E-state index in [0.717, 1.165) is 38.2 Å². The number of hydrogen-bond donors (Lipinski definition) is 1. The summed E-state index contributed by atoms with van der Waals surface area (Å²) in [7, 11) is 1.99. The minimum Gasteiger partial charge on any atom is -0.374 e. The number of ether oxygens (including phenoxy) is 1. The summed E-state index contributed by atoms with van der Waals surface area (Å²) in [6.07, 6.45) is 3.28. The molecule has 1 N–H and O–H groups in total. The Morgan fingerprint density at radius 3 is 2.93 bits per heavy atom. The molecule has 2 aliphatic rings. The molecular weight excluding hydrogens is 176 g/mol. The van der Waals surface area contributed by atoms with Gasteiger partial charge in [-0.05, 0) is 32.7 Å². The Balaban J connectivity index is 1.80. The van der Waals surface area contributed by atoms with E-state index in [9.17, 15) is 0 Å². The maximum atomic E-state index is 5.69. The molecule has 14 heavy (non-hydrogen) atoms. The molecule has 0 amide bonds. The number of likely N-dealkylation sites (N-methyl/N-ethyl adjacent to an activating group) is 1. The Kier molecular flexibility index (Phi) is 3.42. The van der Waals surface area contributed by atoms with Crippen molar-refractivity contribution in [3.05, 3.63) is 0 Å². The zero-order chi connectivity index (χ0) is 9.97. The van der Waals surface area contributed by atoms with Crippen LogP contribution in [-0.4, -0.2) is 50.3 Å². The van der Waals surface area contributed by atoms with Gasteiger partial charge in [0.25, 0.3) is 0 Å². The maximum absolute atomic E-state index is 5.69. The molecule has 2 fully saturated rings. The SMILES string of the molecule is CNCC1CN(C(C)C2CC2)CCO1. The van der Waals surface area contributed by atoms with Crippen LogP contribution in [0.25, 0.3) is 0 Å². The first kappa shape index (κ1) is 10.4. The van der Waals surface area contributed by atoms with E-state index in [1.165, 1.54) is 12.8 Å². The molecule has 2 atom stereocenters. The van der Waals surface area contributed by atoms with Gasteiger partial charge in [0, 0.05) is 25.7 Å². The lowest BCUT2D eigenvalue weighted by molar-refractivity contribution is -0.0416. The van der Waals surface area contributed by atoms with Crippen LogP contribution in [0.1, 0.15) is 19.8 Å². The van der Waals surface area contributed by atoms with Crippen LogP contribution in [0.15, 0.2) is 0 Å². The zero-order valence-electron chi connectivity index (χ0n) is 9.33. The van der Waals surface area contributed by atoms with Crippen molar-refractivity contribution in [2.45, 2.75) is 31.9 Å². The molecule has 0 aromatic carbocycles. The third kappa shape index (κ3) is 2.47. The van der Waals surface area contributed by atoms with Crippen LogP contribution in [0.5, 0.6) is 0 Å². The largest absolute Gasteiger partial charge is 0.374 e. The van der Waals surface area contributed by atoms with E-state index in [0.29, 0.717) is 6.10 Å². The van der Waals surface area contributed by atoms with E-state index in [2.05, 4.69) is 17.1 Å². The molecule has 1 aliphatic heterocycles. The van der Waals surface area contributed by atoms with Crippen LogP contribution in [0.3, 0.4) is 0 Å². The summed E-state index contributed by atoms with van der Waals surface area (Å²) in [5, 5.41) is 3.19. The fourth-order valence-electron chi connectivity index (χ4n) is 2.34. The van der Waals surface area contributed by atoms with Gasteiger partial charge in [-0.25, -0.2) is 0 Å². The topological polar surface area (TPSA) is 24.5 Å². The third-order valence-corrected chi connectivity index (χ3v) is 3.48. The van der Waals surface area contributed by atoms with Crippen LogP contribution in [0, 0.1) is 5.92 Å². The smallest absolute Gasteiger partial charge is 0.0826 e. The van der Waals surface area contributed by atoms with Gasteiger partial charge < -0.3 is 10.1 Å². The van der Waals surface area contributed by atoms with E-state index in [-0.39, 0.29) is 0 Å². The summed E-state index contributed by atoms with van der Waals surface area (Å²) in [6.45, 7) is 6.49. The quantitative estimate of drug-likeness (QED) is 0.720. The second-order valence-corrected chi connectivity index (χ2v) is 4.62. The molecule has 82 valence electrons. The number of rotatable bonds is 4. The minimum absolute atomic E-state index is 0.398. The number of hydrogen-bond acceptors (Lipinski definition) is 3. The average molecular weight is 198 g/mol. The first-order valence-corrected chi connectivity index (χ1v) is 5.81. The molecule has 0 bridgehead atoms. The standard InChI is InChI=1S/C11H22N2O/c1-9(10-3-4-10)13-5-6-14-11(8-13)7-12-2/h9-12H,3-8H2,1-2H3. The average Bonchev–Trinajstić information content (AvgIpc) is 3.01. The lowest BCUT2D eigenvalue weighted by atomic mass is 10.1. The summed E-state index contributed by atoms with van der Waals surface area (Å²) >= 11 is 0. The Hall–Kier alpha value is -0.120. The summed E-state index contributed by atoms with van der Waals surface area (Å²) < 4.78 is 5.69. The van der Waals surface area contributed by atoms with E-state index < -0.39 is 0 Å². The van der Waals surface area contributed by atoms with Crippen LogP contribution < -0.4 is 5.32 Å². The van der Waals surface area contributed by atoms with Gasteiger partial charge in [-0.2, -0.15) is 0 Å². The molecule has 0 aromatic rings. The Morgan fingerprint density at radius 2 is 2.29 bits per heavy atom. The lowest BCUT2D eigenvalue weighted by Gasteiger charge is -2.37. The van der Waals surface area contributed by atoms with Gasteiger partial charge in [0.1, 0.15) is 0 Å². The van der Waals surface area contributed by atoms with E-state index in [1.54, 1.807) is 0 Å². The lowest BCUT2D eigenvalue weighted by Crippen LogP contribution is -2.50. The molecule has 1 aliphatic carbocycles. The van der Waals surface area contributed by atoms with Gasteiger partial charge in [0.15, 0.2) is 0 Å². The summed E-state index contributed by atoms with van der Waals surface area (Å²) in [4.78, 5) is 2.60. The molecule has 1 saturated carbocycles. The zero-order valence-corrected chi connectivity index (χ0v) is 9.33. The van der Waals surface area contributed by atoms with Crippen molar-refractivity contribution < 1.29 is 4.74 Å². The fourth-order valence-corrected chi connectivity index (χ4v) is 2.34. The fraction of sp³-hybridized carbons (Fsp3) is 1.00. The van der Waals surface area contributed by atoms with Crippen molar-refractivity contribution in [2.75, 3.05) is 33.3 Å². The molecule has 0 radical (unpaired) electrons. The summed E-state index contributed by atoms with van der Waals surface area (Å²) in [5.74, 6) is 0.975. The highest BCUT2D eigenvalue weighted by molar-refractivity contribution is 4.87. The minimum atomic E-state index is 0.398. The van der Waals surface area contributed by atoms with E-state index >= 15 is 0 Å². The van der Waals surface area contributed by atoms with E-state index in [1.807, 2.05) is 7.05 Å². The number of nitrogens with zero attached hydrogens (tertiary/aromatic N) is 1. The molecule has 1 heterocycles. The van der Waals surface area contributed by atoms with Crippen molar-refractivity contribution in [1.82, 2.24) is 10.2 Å². The molecule has 0 aromatic heterocycles.